The Kier molecular flexibility index (Phi) is 7.12. The van der Waals surface area contributed by atoms with E-state index in [0.29, 0.717) is 12.2 Å². The minimum absolute atomic E-state index is 0.231. The van der Waals surface area contributed by atoms with E-state index in [1.54, 1.807) is 6.07 Å². The summed E-state index contributed by atoms with van der Waals surface area (Å²) in [6, 6.07) is 10.9. The van der Waals surface area contributed by atoms with Gasteiger partial charge in [-0.2, -0.15) is 18.3 Å². The summed E-state index contributed by atoms with van der Waals surface area (Å²) in [7, 11) is 0. The molecule has 0 unspecified atom stereocenters. The highest BCUT2D eigenvalue weighted by Crippen LogP contribution is 2.13. The van der Waals surface area contributed by atoms with Gasteiger partial charge < -0.3 is 16.2 Å². The van der Waals surface area contributed by atoms with Crippen molar-refractivity contribution in [1.82, 2.24) is 10.2 Å². The molecule has 0 aliphatic rings. The molecular weight excluding hydrogens is 341 g/mol. The zero-order valence-electron chi connectivity index (χ0n) is 13.2. The fourth-order valence-electron chi connectivity index (χ4n) is 1.66. The Balaban J connectivity index is 0.000000381. The van der Waals surface area contributed by atoms with Gasteiger partial charge >= 0.3 is 12.1 Å². The van der Waals surface area contributed by atoms with Crippen LogP contribution in [0.4, 0.5) is 19.0 Å². The maximum absolute atomic E-state index is 11.8. The molecule has 25 heavy (non-hydrogen) atoms. The summed E-state index contributed by atoms with van der Waals surface area (Å²) in [4.78, 5) is 20.7. The van der Waals surface area contributed by atoms with E-state index < -0.39 is 18.2 Å². The van der Waals surface area contributed by atoms with Crippen LogP contribution in [0, 0.1) is 6.92 Å². The second-order valence-corrected chi connectivity index (χ2v) is 5.02. The first-order valence-corrected chi connectivity index (χ1v) is 7.02. The van der Waals surface area contributed by atoms with Gasteiger partial charge in [-0.1, -0.05) is 30.3 Å². The minimum Gasteiger partial charge on any atom is -0.475 e. The van der Waals surface area contributed by atoms with Crippen molar-refractivity contribution in [1.29, 1.82) is 0 Å². The average molecular weight is 358 g/mol. The summed E-state index contributed by atoms with van der Waals surface area (Å²) in [5.41, 5.74) is 7.78. The number of aliphatic carboxylic acids is 1. The van der Waals surface area contributed by atoms with Gasteiger partial charge in [0.2, 0.25) is 5.91 Å². The number of nitrogens with zero attached hydrogens (tertiary/aromatic N) is 1. The number of carboxylic acids is 1. The van der Waals surface area contributed by atoms with Crippen molar-refractivity contribution in [2.45, 2.75) is 25.6 Å². The van der Waals surface area contributed by atoms with Gasteiger partial charge in [0.25, 0.3) is 0 Å². The third-order valence-corrected chi connectivity index (χ3v) is 2.83. The summed E-state index contributed by atoms with van der Waals surface area (Å²) in [5, 5.41) is 16.5. The Labute approximate surface area is 141 Å². The number of amides is 1. The van der Waals surface area contributed by atoms with Gasteiger partial charge in [0.1, 0.15) is 0 Å². The molecule has 0 aliphatic heterocycles. The van der Waals surface area contributed by atoms with Crippen molar-refractivity contribution < 1.29 is 27.9 Å². The number of aromatic nitrogens is 2. The maximum atomic E-state index is 11.8. The molecule has 0 fully saturated rings. The van der Waals surface area contributed by atoms with Crippen molar-refractivity contribution in [3.8, 4) is 0 Å². The molecule has 1 heterocycles. The van der Waals surface area contributed by atoms with Gasteiger partial charge in [0, 0.05) is 11.8 Å². The lowest BCUT2D eigenvalue weighted by Crippen LogP contribution is -2.37. The van der Waals surface area contributed by atoms with Crippen LogP contribution in [0.3, 0.4) is 0 Å². The molecule has 0 saturated heterocycles. The first-order chi connectivity index (χ1) is 11.6. The number of nitrogens with one attached hydrogen (secondary N) is 2. The number of carboxylic acid groups (broad SMARTS) is 1. The number of rotatable bonds is 4. The van der Waals surface area contributed by atoms with Crippen LogP contribution in [-0.2, 0) is 16.0 Å². The van der Waals surface area contributed by atoms with E-state index in [1.165, 1.54) is 0 Å². The number of nitrogens with two attached hydrogens (primary N) is 1. The quantitative estimate of drug-likeness (QED) is 0.665. The lowest BCUT2D eigenvalue weighted by molar-refractivity contribution is -0.192. The highest BCUT2D eigenvalue weighted by molar-refractivity contribution is 5.94. The Morgan fingerprint density at radius 1 is 1.32 bits per heavy atom. The number of aromatic amines is 1. The highest BCUT2D eigenvalue weighted by Gasteiger charge is 2.38. The Morgan fingerprint density at radius 3 is 2.32 bits per heavy atom. The molecule has 0 saturated carbocycles. The number of halogens is 3. The number of hydrogen-bond donors (Lipinski definition) is 4. The van der Waals surface area contributed by atoms with Crippen molar-refractivity contribution in [3.05, 3.63) is 47.7 Å². The second kappa shape index (κ2) is 8.83. The van der Waals surface area contributed by atoms with Crippen molar-refractivity contribution in [3.63, 3.8) is 0 Å². The number of carbonyl (C=O) groups is 2. The topological polar surface area (TPSA) is 121 Å². The molecule has 0 spiro atoms. The molecule has 1 atom stereocenters. The van der Waals surface area contributed by atoms with E-state index in [0.717, 1.165) is 11.3 Å². The SMILES string of the molecule is Cc1cc(NC(=O)[C@H](N)Cc2ccccc2)n[nH]1.O=C(O)C(F)(F)F. The Bertz CT molecular complexity index is 702. The Hall–Kier alpha value is -2.88. The van der Waals surface area contributed by atoms with Crippen molar-refractivity contribution >= 4 is 17.7 Å². The van der Waals surface area contributed by atoms with Gasteiger partial charge in [0.05, 0.1) is 6.04 Å². The van der Waals surface area contributed by atoms with E-state index >= 15 is 0 Å². The molecule has 1 amide bonds. The number of H-pyrrole nitrogens is 1. The molecule has 10 heteroatoms. The molecule has 136 valence electrons. The third-order valence-electron chi connectivity index (χ3n) is 2.83. The molecule has 0 bridgehead atoms. The van der Waals surface area contributed by atoms with Gasteiger partial charge in [-0.3, -0.25) is 9.89 Å². The summed E-state index contributed by atoms with van der Waals surface area (Å²) < 4.78 is 31.7. The van der Waals surface area contributed by atoms with Gasteiger partial charge in [-0.05, 0) is 18.9 Å². The summed E-state index contributed by atoms with van der Waals surface area (Å²) in [6.07, 6.45) is -4.57. The van der Waals surface area contributed by atoms with E-state index in [9.17, 15) is 18.0 Å². The summed E-state index contributed by atoms with van der Waals surface area (Å²) in [5.74, 6) is -2.49. The molecule has 1 aromatic carbocycles. The highest BCUT2D eigenvalue weighted by atomic mass is 19.4. The maximum Gasteiger partial charge on any atom is 0.490 e. The fraction of sp³-hybridized carbons (Fsp3) is 0.267. The lowest BCUT2D eigenvalue weighted by atomic mass is 10.1. The predicted molar refractivity (Wildman–Crippen MR) is 83.8 cm³/mol. The van der Waals surface area contributed by atoms with Crippen LogP contribution >= 0.6 is 0 Å². The van der Waals surface area contributed by atoms with Crippen molar-refractivity contribution in [2.24, 2.45) is 5.73 Å². The zero-order valence-corrected chi connectivity index (χ0v) is 13.2. The largest absolute Gasteiger partial charge is 0.490 e. The van der Waals surface area contributed by atoms with E-state index in [4.69, 9.17) is 15.6 Å². The molecule has 2 aromatic rings. The van der Waals surface area contributed by atoms with Crippen LogP contribution in [-0.4, -0.2) is 39.4 Å². The first-order valence-electron chi connectivity index (χ1n) is 7.02. The van der Waals surface area contributed by atoms with Crippen LogP contribution in [0.1, 0.15) is 11.3 Å². The Morgan fingerprint density at radius 2 is 1.88 bits per heavy atom. The smallest absolute Gasteiger partial charge is 0.475 e. The molecule has 0 aliphatic carbocycles. The summed E-state index contributed by atoms with van der Waals surface area (Å²) >= 11 is 0. The summed E-state index contributed by atoms with van der Waals surface area (Å²) in [6.45, 7) is 1.87. The first kappa shape index (κ1) is 20.2. The lowest BCUT2D eigenvalue weighted by Gasteiger charge is -2.10. The van der Waals surface area contributed by atoms with Crippen LogP contribution in [0.25, 0.3) is 0 Å². The fourth-order valence-corrected chi connectivity index (χ4v) is 1.66. The zero-order chi connectivity index (χ0) is 19.0. The molecular formula is C15H17F3N4O3. The molecule has 7 nitrogen and oxygen atoms in total. The van der Waals surface area contributed by atoms with Crippen LogP contribution in [0.5, 0.6) is 0 Å². The molecule has 1 aromatic heterocycles. The number of aryl methyl sites for hydroxylation is 1. The number of carbonyl (C=O) groups excluding carboxylic acids is 1. The standard InChI is InChI=1S/C13H16N4O.C2HF3O2/c1-9-7-12(17-16-9)15-13(18)11(14)8-10-5-3-2-4-6-10;3-2(4,5)1(6)7/h2-7,11H,8,14H2,1H3,(H2,15,16,17,18);(H,6,7)/t11-;/m1./s1. The number of anilines is 1. The van der Waals surface area contributed by atoms with E-state index in [1.807, 2.05) is 37.3 Å². The van der Waals surface area contributed by atoms with E-state index in [-0.39, 0.29) is 5.91 Å². The molecule has 2 rings (SSSR count). The minimum atomic E-state index is -5.08. The molecule has 0 radical (unpaired) electrons. The third kappa shape index (κ3) is 7.48. The van der Waals surface area contributed by atoms with Crippen LogP contribution < -0.4 is 11.1 Å². The predicted octanol–water partition coefficient (Wildman–Crippen LogP) is 1.86. The number of alkyl halides is 3. The normalized spacial score (nSPS) is 11.9. The van der Waals surface area contributed by atoms with Gasteiger partial charge in [0.15, 0.2) is 5.82 Å². The van der Waals surface area contributed by atoms with Gasteiger partial charge in [-0.25, -0.2) is 4.79 Å². The number of benzene rings is 1. The van der Waals surface area contributed by atoms with Crippen LogP contribution in [0.15, 0.2) is 36.4 Å². The monoisotopic (exact) mass is 358 g/mol. The van der Waals surface area contributed by atoms with E-state index in [2.05, 4.69) is 15.5 Å². The van der Waals surface area contributed by atoms with Crippen LogP contribution in [0.2, 0.25) is 0 Å². The average Bonchev–Trinajstić information content (AvgIpc) is 2.93. The van der Waals surface area contributed by atoms with Crippen molar-refractivity contribution in [2.75, 3.05) is 5.32 Å². The molecule has 5 N–H and O–H groups in total. The van der Waals surface area contributed by atoms with Gasteiger partial charge in [-0.15, -0.1) is 0 Å². The number of hydrogen-bond acceptors (Lipinski definition) is 4. The second-order valence-electron chi connectivity index (χ2n) is 5.02.